The highest BCUT2D eigenvalue weighted by atomic mass is 16.2. The summed E-state index contributed by atoms with van der Waals surface area (Å²) in [5.41, 5.74) is 7.89. The standard InChI is InChI=1S/C23H22N4O/c28-23(26-25-15-22-7-3-4-13-24-22)20-10-8-18(9-11-20)16-27-14-12-19-5-1-2-6-21(19)17-27/h1-11,13,15H,12,14,16-17H2,(H,26,28)/b25-15+. The van der Waals surface area contributed by atoms with Crippen LogP contribution in [-0.4, -0.2) is 28.6 Å². The van der Waals surface area contributed by atoms with Crippen LogP contribution in [0.1, 0.15) is 32.7 Å². The summed E-state index contributed by atoms with van der Waals surface area (Å²) in [6.07, 6.45) is 4.30. The number of pyridine rings is 1. The van der Waals surface area contributed by atoms with Crippen molar-refractivity contribution in [2.45, 2.75) is 19.5 Å². The van der Waals surface area contributed by atoms with Gasteiger partial charge in [-0.1, -0.05) is 42.5 Å². The Balaban J connectivity index is 1.32. The summed E-state index contributed by atoms with van der Waals surface area (Å²) in [6.45, 7) is 2.91. The fraction of sp³-hybridized carbons (Fsp3) is 0.174. The zero-order valence-electron chi connectivity index (χ0n) is 15.6. The molecule has 4 rings (SSSR count). The third-order valence-electron chi connectivity index (χ3n) is 4.88. The van der Waals surface area contributed by atoms with E-state index in [4.69, 9.17) is 0 Å². The summed E-state index contributed by atoms with van der Waals surface area (Å²) in [5.74, 6) is -0.231. The van der Waals surface area contributed by atoms with Crippen molar-refractivity contribution in [1.29, 1.82) is 0 Å². The number of nitrogens with zero attached hydrogens (tertiary/aromatic N) is 3. The molecule has 0 bridgehead atoms. The van der Waals surface area contributed by atoms with Gasteiger partial charge in [0.1, 0.15) is 0 Å². The first-order valence-electron chi connectivity index (χ1n) is 9.40. The van der Waals surface area contributed by atoms with E-state index in [2.05, 4.69) is 44.7 Å². The van der Waals surface area contributed by atoms with Crippen LogP contribution < -0.4 is 5.43 Å². The van der Waals surface area contributed by atoms with Crippen LogP contribution in [0.4, 0.5) is 0 Å². The second kappa shape index (κ2) is 8.59. The number of carbonyl (C=O) groups is 1. The lowest BCUT2D eigenvalue weighted by molar-refractivity contribution is 0.0955. The summed E-state index contributed by atoms with van der Waals surface area (Å²) in [6, 6.07) is 21.9. The number of carbonyl (C=O) groups excluding carboxylic acids is 1. The molecule has 0 fully saturated rings. The Hall–Kier alpha value is -3.31. The first-order chi connectivity index (χ1) is 13.8. The molecule has 1 aliphatic heterocycles. The lowest BCUT2D eigenvalue weighted by Crippen LogP contribution is -2.30. The minimum Gasteiger partial charge on any atom is -0.294 e. The van der Waals surface area contributed by atoms with Crippen molar-refractivity contribution >= 4 is 12.1 Å². The highest BCUT2D eigenvalue weighted by Crippen LogP contribution is 2.20. The Bertz CT molecular complexity index is 967. The smallest absolute Gasteiger partial charge is 0.271 e. The molecule has 0 radical (unpaired) electrons. The second-order valence-electron chi connectivity index (χ2n) is 6.88. The van der Waals surface area contributed by atoms with Crippen molar-refractivity contribution in [1.82, 2.24) is 15.3 Å². The molecule has 2 heterocycles. The van der Waals surface area contributed by atoms with Gasteiger partial charge in [0.05, 0.1) is 11.9 Å². The number of aromatic nitrogens is 1. The number of fused-ring (bicyclic) bond motifs is 1. The maximum atomic E-state index is 12.2. The number of nitrogens with one attached hydrogen (secondary N) is 1. The first kappa shape index (κ1) is 18.1. The Morgan fingerprint density at radius 3 is 2.61 bits per heavy atom. The molecule has 1 amide bonds. The summed E-state index contributed by atoms with van der Waals surface area (Å²) < 4.78 is 0. The maximum Gasteiger partial charge on any atom is 0.271 e. The monoisotopic (exact) mass is 370 g/mol. The molecular formula is C23H22N4O. The zero-order chi connectivity index (χ0) is 19.2. The molecule has 0 saturated carbocycles. The zero-order valence-corrected chi connectivity index (χ0v) is 15.6. The molecule has 0 unspecified atom stereocenters. The van der Waals surface area contributed by atoms with E-state index in [0.29, 0.717) is 11.3 Å². The van der Waals surface area contributed by atoms with E-state index < -0.39 is 0 Å². The van der Waals surface area contributed by atoms with Crippen LogP contribution >= 0.6 is 0 Å². The summed E-state index contributed by atoms with van der Waals surface area (Å²) in [5, 5.41) is 3.96. The van der Waals surface area contributed by atoms with E-state index in [1.807, 2.05) is 42.5 Å². The van der Waals surface area contributed by atoms with Crippen LogP contribution in [0.3, 0.4) is 0 Å². The van der Waals surface area contributed by atoms with Crippen LogP contribution in [0.5, 0.6) is 0 Å². The van der Waals surface area contributed by atoms with Crippen LogP contribution in [0, 0.1) is 0 Å². The van der Waals surface area contributed by atoms with Gasteiger partial charge in [-0.2, -0.15) is 5.10 Å². The topological polar surface area (TPSA) is 57.6 Å². The molecule has 1 aromatic heterocycles. The lowest BCUT2D eigenvalue weighted by Gasteiger charge is -2.28. The van der Waals surface area contributed by atoms with Crippen molar-refractivity contribution in [2.75, 3.05) is 6.54 Å². The van der Waals surface area contributed by atoms with Gasteiger partial charge >= 0.3 is 0 Å². The average molecular weight is 370 g/mol. The first-order valence-corrected chi connectivity index (χ1v) is 9.40. The summed E-state index contributed by atoms with van der Waals surface area (Å²) in [7, 11) is 0. The van der Waals surface area contributed by atoms with Crippen LogP contribution in [-0.2, 0) is 19.5 Å². The predicted octanol–water partition coefficient (Wildman–Crippen LogP) is 3.40. The van der Waals surface area contributed by atoms with E-state index in [-0.39, 0.29) is 5.91 Å². The van der Waals surface area contributed by atoms with Gasteiger partial charge in [-0.25, -0.2) is 5.43 Å². The molecule has 0 atom stereocenters. The molecule has 0 spiro atoms. The maximum absolute atomic E-state index is 12.2. The van der Waals surface area contributed by atoms with Crippen molar-refractivity contribution in [3.63, 3.8) is 0 Å². The Labute approximate surface area is 164 Å². The van der Waals surface area contributed by atoms with Gasteiger partial charge in [0.2, 0.25) is 0 Å². The van der Waals surface area contributed by atoms with E-state index in [0.717, 1.165) is 26.1 Å². The molecular weight excluding hydrogens is 348 g/mol. The Morgan fingerprint density at radius 1 is 1.04 bits per heavy atom. The van der Waals surface area contributed by atoms with Gasteiger partial charge in [0.15, 0.2) is 0 Å². The second-order valence-corrected chi connectivity index (χ2v) is 6.88. The van der Waals surface area contributed by atoms with Crippen molar-refractivity contribution in [2.24, 2.45) is 5.10 Å². The molecule has 1 aliphatic rings. The number of amides is 1. The molecule has 5 nitrogen and oxygen atoms in total. The predicted molar refractivity (Wildman–Crippen MR) is 110 cm³/mol. The third-order valence-corrected chi connectivity index (χ3v) is 4.88. The van der Waals surface area contributed by atoms with Gasteiger partial charge in [0.25, 0.3) is 5.91 Å². The number of hydrogen-bond acceptors (Lipinski definition) is 4. The van der Waals surface area contributed by atoms with Crippen LogP contribution in [0.25, 0.3) is 0 Å². The minimum atomic E-state index is -0.231. The molecule has 3 aromatic rings. The van der Waals surface area contributed by atoms with E-state index in [1.165, 1.54) is 22.9 Å². The average Bonchev–Trinajstić information content (AvgIpc) is 2.75. The van der Waals surface area contributed by atoms with Gasteiger partial charge < -0.3 is 0 Å². The van der Waals surface area contributed by atoms with Crippen LogP contribution in [0.15, 0.2) is 78.0 Å². The quantitative estimate of drug-likeness (QED) is 0.553. The molecule has 140 valence electrons. The van der Waals surface area contributed by atoms with Crippen molar-refractivity contribution in [3.8, 4) is 0 Å². The fourth-order valence-electron chi connectivity index (χ4n) is 3.38. The largest absolute Gasteiger partial charge is 0.294 e. The van der Waals surface area contributed by atoms with Gasteiger partial charge in [-0.15, -0.1) is 0 Å². The molecule has 2 aromatic carbocycles. The summed E-state index contributed by atoms with van der Waals surface area (Å²) in [4.78, 5) is 18.8. The van der Waals surface area contributed by atoms with Crippen molar-refractivity contribution in [3.05, 3.63) is 101 Å². The van der Waals surface area contributed by atoms with E-state index >= 15 is 0 Å². The highest BCUT2D eigenvalue weighted by molar-refractivity contribution is 5.94. The SMILES string of the molecule is O=C(N/N=C/c1ccccn1)c1ccc(CN2CCc3ccccc3C2)cc1. The molecule has 0 aliphatic carbocycles. The number of hydrazone groups is 1. The minimum absolute atomic E-state index is 0.231. The van der Waals surface area contributed by atoms with E-state index in [9.17, 15) is 4.79 Å². The van der Waals surface area contributed by atoms with Gasteiger partial charge in [-0.05, 0) is 47.4 Å². The number of hydrogen-bond donors (Lipinski definition) is 1. The molecule has 5 heteroatoms. The normalized spacial score (nSPS) is 14.0. The van der Waals surface area contributed by atoms with Crippen LogP contribution in [0.2, 0.25) is 0 Å². The third kappa shape index (κ3) is 4.50. The molecule has 1 N–H and O–H groups in total. The lowest BCUT2D eigenvalue weighted by atomic mass is 9.99. The van der Waals surface area contributed by atoms with Crippen molar-refractivity contribution < 1.29 is 4.79 Å². The molecule has 28 heavy (non-hydrogen) atoms. The summed E-state index contributed by atoms with van der Waals surface area (Å²) >= 11 is 0. The molecule has 0 saturated heterocycles. The van der Waals surface area contributed by atoms with Gasteiger partial charge in [0, 0.05) is 31.4 Å². The number of benzene rings is 2. The highest BCUT2D eigenvalue weighted by Gasteiger charge is 2.15. The van der Waals surface area contributed by atoms with E-state index in [1.54, 1.807) is 6.20 Å². The Kier molecular flexibility index (Phi) is 5.54. The fourth-order valence-corrected chi connectivity index (χ4v) is 3.38. The number of rotatable bonds is 5. The Morgan fingerprint density at radius 2 is 1.82 bits per heavy atom. The van der Waals surface area contributed by atoms with Gasteiger partial charge in [-0.3, -0.25) is 14.7 Å².